The van der Waals surface area contributed by atoms with Crippen LogP contribution in [0.2, 0.25) is 0 Å². The summed E-state index contributed by atoms with van der Waals surface area (Å²) in [5.41, 5.74) is 0.624. The average molecular weight is 290 g/mol. The lowest BCUT2D eigenvalue weighted by molar-refractivity contribution is -0.127. The highest BCUT2D eigenvalue weighted by Gasteiger charge is 2.38. The first-order valence-electron chi connectivity index (χ1n) is 7.92. The van der Waals surface area contributed by atoms with Gasteiger partial charge < -0.3 is 9.32 Å². The number of carbonyl (C=O) groups is 2. The van der Waals surface area contributed by atoms with Crippen molar-refractivity contribution in [3.63, 3.8) is 0 Å². The fourth-order valence-electron chi connectivity index (χ4n) is 3.68. The van der Waals surface area contributed by atoms with E-state index in [1.165, 1.54) is 6.39 Å². The van der Waals surface area contributed by atoms with E-state index in [4.69, 9.17) is 4.42 Å². The summed E-state index contributed by atoms with van der Waals surface area (Å²) in [6.07, 6.45) is 8.01. The Morgan fingerprint density at radius 2 is 2.10 bits per heavy atom. The quantitative estimate of drug-likeness (QED) is 0.840. The zero-order valence-electron chi connectivity index (χ0n) is 12.5. The molecule has 114 valence electrons. The minimum atomic E-state index is -0.104. The van der Waals surface area contributed by atoms with Gasteiger partial charge in [0.1, 0.15) is 5.78 Å². The number of aryl methyl sites for hydroxylation is 1. The van der Waals surface area contributed by atoms with E-state index in [0.29, 0.717) is 30.2 Å². The maximum Gasteiger partial charge on any atom is 0.291 e. The lowest BCUT2D eigenvalue weighted by atomic mass is 9.79. The van der Waals surface area contributed by atoms with Crippen LogP contribution in [0.4, 0.5) is 0 Å². The molecule has 0 radical (unpaired) electrons. The molecule has 2 fully saturated rings. The molecule has 2 atom stereocenters. The smallest absolute Gasteiger partial charge is 0.291 e. The van der Waals surface area contributed by atoms with Crippen molar-refractivity contribution >= 4 is 11.7 Å². The molecule has 21 heavy (non-hydrogen) atoms. The van der Waals surface area contributed by atoms with Gasteiger partial charge in [-0.2, -0.15) is 0 Å². The molecule has 1 saturated heterocycles. The summed E-state index contributed by atoms with van der Waals surface area (Å²) in [4.78, 5) is 30.8. The molecular weight excluding hydrogens is 268 g/mol. The van der Waals surface area contributed by atoms with Crippen LogP contribution in [0.5, 0.6) is 0 Å². The van der Waals surface area contributed by atoms with Gasteiger partial charge in [-0.05, 0) is 39.0 Å². The van der Waals surface area contributed by atoms with Gasteiger partial charge in [0.05, 0.1) is 5.69 Å². The van der Waals surface area contributed by atoms with Crippen LogP contribution in [0, 0.1) is 12.8 Å². The summed E-state index contributed by atoms with van der Waals surface area (Å²) in [6.45, 7) is 2.49. The molecule has 1 aromatic rings. The Bertz CT molecular complexity index is 537. The van der Waals surface area contributed by atoms with Crippen molar-refractivity contribution in [1.29, 1.82) is 0 Å². The maximum absolute atomic E-state index is 12.7. The molecule has 2 unspecified atom stereocenters. The molecule has 0 spiro atoms. The summed E-state index contributed by atoms with van der Waals surface area (Å²) < 4.78 is 5.25. The molecule has 0 bridgehead atoms. The minimum absolute atomic E-state index is 0.0197. The van der Waals surface area contributed by atoms with Crippen molar-refractivity contribution < 1.29 is 14.0 Å². The van der Waals surface area contributed by atoms with Crippen LogP contribution in [-0.4, -0.2) is 34.2 Å². The van der Waals surface area contributed by atoms with Gasteiger partial charge in [0.25, 0.3) is 5.91 Å². The zero-order chi connectivity index (χ0) is 14.8. The van der Waals surface area contributed by atoms with Gasteiger partial charge in [0.15, 0.2) is 6.39 Å². The van der Waals surface area contributed by atoms with E-state index in [2.05, 4.69) is 4.98 Å². The molecule has 0 N–H and O–H groups in total. The van der Waals surface area contributed by atoms with Crippen molar-refractivity contribution in [3.05, 3.63) is 17.8 Å². The van der Waals surface area contributed by atoms with Crippen molar-refractivity contribution in [3.8, 4) is 0 Å². The topological polar surface area (TPSA) is 63.4 Å². The molecule has 0 aromatic carbocycles. The zero-order valence-corrected chi connectivity index (χ0v) is 12.5. The molecule has 5 nitrogen and oxygen atoms in total. The van der Waals surface area contributed by atoms with E-state index < -0.39 is 0 Å². The second-order valence-electron chi connectivity index (χ2n) is 6.15. The van der Waals surface area contributed by atoms with Crippen LogP contribution < -0.4 is 0 Å². The van der Waals surface area contributed by atoms with Crippen LogP contribution in [0.1, 0.15) is 61.2 Å². The van der Waals surface area contributed by atoms with Crippen molar-refractivity contribution in [2.45, 2.75) is 57.9 Å². The Balaban J connectivity index is 1.82. The number of hydrogen-bond donors (Lipinski definition) is 0. The highest BCUT2D eigenvalue weighted by molar-refractivity contribution is 5.93. The largest absolute Gasteiger partial charge is 0.438 e. The number of oxazole rings is 1. The highest BCUT2D eigenvalue weighted by Crippen LogP contribution is 2.32. The van der Waals surface area contributed by atoms with Gasteiger partial charge in [-0.3, -0.25) is 9.59 Å². The number of nitrogens with zero attached hydrogens (tertiary/aromatic N) is 2. The number of carbonyl (C=O) groups excluding carboxylic acids is 2. The summed E-state index contributed by atoms with van der Waals surface area (Å²) in [5.74, 6) is 0.574. The first kappa shape index (κ1) is 14.3. The number of amides is 1. The third-order valence-electron chi connectivity index (χ3n) is 4.82. The average Bonchev–Trinajstić information content (AvgIpc) is 2.93. The molecule has 2 heterocycles. The third-order valence-corrected chi connectivity index (χ3v) is 4.82. The van der Waals surface area contributed by atoms with E-state index in [1.54, 1.807) is 6.92 Å². The fraction of sp³-hybridized carbons (Fsp3) is 0.688. The molecule has 3 rings (SSSR count). The van der Waals surface area contributed by atoms with Crippen LogP contribution in [0.25, 0.3) is 0 Å². The van der Waals surface area contributed by atoms with Gasteiger partial charge in [0.2, 0.25) is 5.76 Å². The second-order valence-corrected chi connectivity index (χ2v) is 6.15. The highest BCUT2D eigenvalue weighted by atomic mass is 16.3. The molecule has 1 aliphatic heterocycles. The van der Waals surface area contributed by atoms with Gasteiger partial charge >= 0.3 is 0 Å². The molecule has 1 aromatic heterocycles. The summed E-state index contributed by atoms with van der Waals surface area (Å²) >= 11 is 0. The predicted molar refractivity (Wildman–Crippen MR) is 76.9 cm³/mol. The number of Topliss-reactive ketones (excluding diaryl/α,β-unsaturated/α-hetero) is 1. The van der Waals surface area contributed by atoms with Crippen LogP contribution >= 0.6 is 0 Å². The van der Waals surface area contributed by atoms with Gasteiger partial charge in [0, 0.05) is 24.9 Å². The Labute approximate surface area is 124 Å². The molecule has 2 aliphatic rings. The molecule has 1 aliphatic carbocycles. The Kier molecular flexibility index (Phi) is 4.08. The summed E-state index contributed by atoms with van der Waals surface area (Å²) in [7, 11) is 0. The number of piperidine rings is 1. The number of hydrogen-bond acceptors (Lipinski definition) is 4. The SMILES string of the molecule is Cc1ncoc1C(=O)N1CCCCC1C1CCCCC1=O. The van der Waals surface area contributed by atoms with Gasteiger partial charge in [-0.15, -0.1) is 0 Å². The third kappa shape index (κ3) is 2.74. The maximum atomic E-state index is 12.7. The van der Waals surface area contributed by atoms with Crippen LogP contribution in [0.3, 0.4) is 0 Å². The van der Waals surface area contributed by atoms with E-state index in [-0.39, 0.29) is 17.9 Å². The molecule has 1 saturated carbocycles. The summed E-state index contributed by atoms with van der Waals surface area (Å²) in [5, 5.41) is 0. The number of likely N-dealkylation sites (tertiary alicyclic amines) is 1. The Morgan fingerprint density at radius 3 is 2.81 bits per heavy atom. The minimum Gasteiger partial charge on any atom is -0.438 e. The lowest BCUT2D eigenvalue weighted by Gasteiger charge is -2.40. The van der Waals surface area contributed by atoms with Crippen LogP contribution in [0.15, 0.2) is 10.8 Å². The van der Waals surface area contributed by atoms with Gasteiger partial charge in [-0.1, -0.05) is 6.42 Å². The van der Waals surface area contributed by atoms with Crippen LogP contribution in [-0.2, 0) is 4.79 Å². The molecule has 5 heteroatoms. The normalized spacial score (nSPS) is 26.9. The summed E-state index contributed by atoms with van der Waals surface area (Å²) in [6, 6.07) is 0.0450. The van der Waals surface area contributed by atoms with Crippen molar-refractivity contribution in [1.82, 2.24) is 9.88 Å². The van der Waals surface area contributed by atoms with E-state index in [0.717, 1.165) is 38.5 Å². The standard InChI is InChI=1S/C16H22N2O3/c1-11-15(21-10-17-11)16(20)18-9-5-4-7-13(18)12-6-2-3-8-14(12)19/h10,12-13H,2-9H2,1H3. The first-order chi connectivity index (χ1) is 10.2. The Hall–Kier alpha value is -1.65. The second kappa shape index (κ2) is 6.00. The van der Waals surface area contributed by atoms with Gasteiger partial charge in [-0.25, -0.2) is 4.98 Å². The molecule has 1 amide bonds. The fourth-order valence-corrected chi connectivity index (χ4v) is 3.68. The number of rotatable bonds is 2. The van der Waals surface area contributed by atoms with E-state index >= 15 is 0 Å². The Morgan fingerprint density at radius 1 is 1.29 bits per heavy atom. The lowest BCUT2D eigenvalue weighted by Crippen LogP contribution is -2.50. The van der Waals surface area contributed by atoms with E-state index in [1.807, 2.05) is 4.90 Å². The molecular formula is C16H22N2O3. The predicted octanol–water partition coefficient (Wildman–Crippen LogP) is 2.74. The first-order valence-corrected chi connectivity index (χ1v) is 7.92. The monoisotopic (exact) mass is 290 g/mol. The number of ketones is 1. The van der Waals surface area contributed by atoms with Crippen molar-refractivity contribution in [2.75, 3.05) is 6.54 Å². The number of aromatic nitrogens is 1. The van der Waals surface area contributed by atoms with E-state index in [9.17, 15) is 9.59 Å². The van der Waals surface area contributed by atoms with Crippen molar-refractivity contribution in [2.24, 2.45) is 5.92 Å².